The lowest BCUT2D eigenvalue weighted by Crippen LogP contribution is -2.49. The van der Waals surface area contributed by atoms with Crippen molar-refractivity contribution < 1.29 is 28.6 Å². The molecule has 0 heterocycles. The van der Waals surface area contributed by atoms with Crippen LogP contribution in [0.1, 0.15) is 65.7 Å². The van der Waals surface area contributed by atoms with Crippen LogP contribution in [0.5, 0.6) is 0 Å². The highest BCUT2D eigenvalue weighted by Crippen LogP contribution is 2.62. The Morgan fingerprint density at radius 3 is 2.41 bits per heavy atom. The van der Waals surface area contributed by atoms with Crippen molar-refractivity contribution in [3.05, 3.63) is 12.3 Å². The van der Waals surface area contributed by atoms with E-state index in [1.54, 1.807) is 0 Å². The zero-order chi connectivity index (χ0) is 21.2. The third-order valence-corrected chi connectivity index (χ3v) is 7.81. The molecule has 0 radical (unpaired) electrons. The molecule has 0 saturated heterocycles. The standard InChI is InChI=1S/C23H34O6/c1-14(24)28-12-10-17-16(13-22(26)27-4)5-6-19-18(17)9-11-23(3)20(19)7-8-21(23)29-15(2)25/h10,12,16-21H,5-9,11,13H2,1-4H3/b12-10-/t16-,17-,18+,19+,20-,21-,23-/m0/s1. The first-order valence-electron chi connectivity index (χ1n) is 10.8. The lowest BCUT2D eigenvalue weighted by atomic mass is 9.52. The van der Waals surface area contributed by atoms with E-state index in [1.807, 2.05) is 6.08 Å². The van der Waals surface area contributed by atoms with Gasteiger partial charge in [0.25, 0.3) is 0 Å². The molecular weight excluding hydrogens is 372 g/mol. The minimum Gasteiger partial charge on any atom is -0.469 e. The first-order chi connectivity index (χ1) is 13.8. The Bertz CT molecular complexity index is 670. The third kappa shape index (κ3) is 4.51. The van der Waals surface area contributed by atoms with E-state index in [-0.39, 0.29) is 41.3 Å². The van der Waals surface area contributed by atoms with E-state index in [9.17, 15) is 14.4 Å². The number of carbonyl (C=O) groups excluding carboxylic acids is 3. The number of hydrogen-bond acceptors (Lipinski definition) is 6. The van der Waals surface area contributed by atoms with Gasteiger partial charge in [-0.25, -0.2) is 0 Å². The van der Waals surface area contributed by atoms with E-state index in [0.29, 0.717) is 24.2 Å². The van der Waals surface area contributed by atoms with Crippen LogP contribution in [0.25, 0.3) is 0 Å². The van der Waals surface area contributed by atoms with E-state index >= 15 is 0 Å². The van der Waals surface area contributed by atoms with Gasteiger partial charge in [-0.3, -0.25) is 14.4 Å². The summed E-state index contributed by atoms with van der Waals surface area (Å²) in [7, 11) is 1.43. The predicted molar refractivity (Wildman–Crippen MR) is 106 cm³/mol. The average Bonchev–Trinajstić information content (AvgIpc) is 2.98. The van der Waals surface area contributed by atoms with Crippen molar-refractivity contribution in [3.8, 4) is 0 Å². The molecular formula is C23H34O6. The molecule has 3 aliphatic carbocycles. The minimum atomic E-state index is -0.339. The number of carbonyl (C=O) groups is 3. The molecule has 29 heavy (non-hydrogen) atoms. The van der Waals surface area contributed by atoms with E-state index in [2.05, 4.69) is 6.92 Å². The molecule has 0 unspecified atom stereocenters. The largest absolute Gasteiger partial charge is 0.469 e. The quantitative estimate of drug-likeness (QED) is 0.390. The van der Waals surface area contributed by atoms with Crippen molar-refractivity contribution in [2.45, 2.75) is 71.8 Å². The molecule has 6 nitrogen and oxygen atoms in total. The maximum atomic E-state index is 12.0. The summed E-state index contributed by atoms with van der Waals surface area (Å²) in [6, 6.07) is 0. The van der Waals surface area contributed by atoms with Gasteiger partial charge in [0.2, 0.25) is 0 Å². The van der Waals surface area contributed by atoms with Gasteiger partial charge < -0.3 is 14.2 Å². The van der Waals surface area contributed by atoms with E-state index in [0.717, 1.165) is 38.5 Å². The van der Waals surface area contributed by atoms with Crippen molar-refractivity contribution in [2.75, 3.05) is 7.11 Å². The number of esters is 3. The van der Waals surface area contributed by atoms with Crippen LogP contribution in [0.3, 0.4) is 0 Å². The maximum Gasteiger partial charge on any atom is 0.307 e. The van der Waals surface area contributed by atoms with E-state index in [4.69, 9.17) is 14.2 Å². The molecule has 3 fully saturated rings. The number of fused-ring (bicyclic) bond motifs is 3. The van der Waals surface area contributed by atoms with Gasteiger partial charge >= 0.3 is 17.9 Å². The monoisotopic (exact) mass is 406 g/mol. The van der Waals surface area contributed by atoms with Crippen molar-refractivity contribution >= 4 is 17.9 Å². The molecule has 3 rings (SSSR count). The Labute approximate surface area is 173 Å². The fourth-order valence-electron chi connectivity index (χ4n) is 6.57. The first-order valence-corrected chi connectivity index (χ1v) is 10.8. The number of rotatable bonds is 5. The molecule has 162 valence electrons. The molecule has 0 spiro atoms. The van der Waals surface area contributed by atoms with E-state index < -0.39 is 0 Å². The summed E-state index contributed by atoms with van der Waals surface area (Å²) in [6.45, 7) is 5.18. The summed E-state index contributed by atoms with van der Waals surface area (Å²) >= 11 is 0. The lowest BCUT2D eigenvalue weighted by Gasteiger charge is -2.53. The molecule has 0 aliphatic heterocycles. The molecule has 6 heteroatoms. The number of hydrogen-bond donors (Lipinski definition) is 0. The second kappa shape index (κ2) is 8.88. The lowest BCUT2D eigenvalue weighted by molar-refractivity contribution is -0.156. The second-order valence-electron chi connectivity index (χ2n) is 9.29. The van der Waals surface area contributed by atoms with Crippen molar-refractivity contribution in [1.29, 1.82) is 0 Å². The Hall–Kier alpha value is -1.85. The van der Waals surface area contributed by atoms with Gasteiger partial charge in [-0.05, 0) is 74.2 Å². The van der Waals surface area contributed by atoms with Crippen molar-refractivity contribution in [1.82, 2.24) is 0 Å². The maximum absolute atomic E-state index is 12.0. The Morgan fingerprint density at radius 2 is 1.76 bits per heavy atom. The fourth-order valence-corrected chi connectivity index (χ4v) is 6.57. The van der Waals surface area contributed by atoms with Crippen LogP contribution < -0.4 is 0 Å². The fraction of sp³-hybridized carbons (Fsp3) is 0.783. The summed E-state index contributed by atoms with van der Waals surface area (Å²) in [5.74, 6) is 1.17. The molecule has 0 amide bonds. The molecule has 0 aromatic rings. The van der Waals surface area contributed by atoms with Gasteiger partial charge in [-0.2, -0.15) is 0 Å². The number of methoxy groups -OCH3 is 1. The summed E-state index contributed by atoms with van der Waals surface area (Å²) < 4.78 is 15.7. The highest BCUT2D eigenvalue weighted by Gasteiger charge is 2.57. The Balaban J connectivity index is 1.80. The summed E-state index contributed by atoms with van der Waals surface area (Å²) in [5.41, 5.74) is 0.0339. The zero-order valence-electron chi connectivity index (χ0n) is 18.0. The van der Waals surface area contributed by atoms with Gasteiger partial charge in [0.1, 0.15) is 6.10 Å². The highest BCUT2D eigenvalue weighted by atomic mass is 16.5. The molecule has 0 bridgehead atoms. The van der Waals surface area contributed by atoms with Gasteiger partial charge in [-0.1, -0.05) is 6.92 Å². The third-order valence-electron chi connectivity index (χ3n) is 7.81. The smallest absolute Gasteiger partial charge is 0.307 e. The minimum absolute atomic E-state index is 0.00813. The van der Waals surface area contributed by atoms with Gasteiger partial charge in [-0.15, -0.1) is 0 Å². The van der Waals surface area contributed by atoms with Crippen LogP contribution in [0.4, 0.5) is 0 Å². The first kappa shape index (κ1) is 21.8. The molecule has 0 N–H and O–H groups in total. The van der Waals surface area contributed by atoms with Gasteiger partial charge in [0, 0.05) is 25.7 Å². The van der Waals surface area contributed by atoms with Crippen molar-refractivity contribution in [2.24, 2.45) is 35.0 Å². The van der Waals surface area contributed by atoms with Crippen LogP contribution in [-0.2, 0) is 28.6 Å². The molecule has 3 aliphatic rings. The van der Waals surface area contributed by atoms with Gasteiger partial charge in [0.05, 0.1) is 13.4 Å². The SMILES string of the molecule is COC(=O)C[C@@H]1CC[C@@H]2[C@H](CC[C@]3(C)[C@@H](OC(C)=O)CC[C@@H]23)[C@H]1/C=C\OC(C)=O. The van der Waals surface area contributed by atoms with Crippen LogP contribution in [0.15, 0.2) is 12.3 Å². The summed E-state index contributed by atoms with van der Waals surface area (Å²) in [5, 5.41) is 0. The van der Waals surface area contributed by atoms with E-state index in [1.165, 1.54) is 27.2 Å². The number of allylic oxidation sites excluding steroid dienone is 1. The zero-order valence-corrected chi connectivity index (χ0v) is 18.0. The van der Waals surface area contributed by atoms with Crippen LogP contribution in [0, 0.1) is 35.0 Å². The molecule has 7 atom stereocenters. The molecule has 3 saturated carbocycles. The highest BCUT2D eigenvalue weighted by molar-refractivity contribution is 5.69. The summed E-state index contributed by atoms with van der Waals surface area (Å²) in [4.78, 5) is 34.7. The normalized spacial score (nSPS) is 38.8. The second-order valence-corrected chi connectivity index (χ2v) is 9.29. The Kier molecular flexibility index (Phi) is 6.69. The van der Waals surface area contributed by atoms with Gasteiger partial charge in [0.15, 0.2) is 0 Å². The predicted octanol–water partition coefficient (Wildman–Crippen LogP) is 4.03. The molecule has 0 aromatic heterocycles. The van der Waals surface area contributed by atoms with Crippen LogP contribution in [-0.4, -0.2) is 31.1 Å². The Morgan fingerprint density at radius 1 is 1.00 bits per heavy atom. The van der Waals surface area contributed by atoms with Crippen LogP contribution in [0.2, 0.25) is 0 Å². The number of ether oxygens (including phenoxy) is 3. The van der Waals surface area contributed by atoms with Crippen molar-refractivity contribution in [3.63, 3.8) is 0 Å². The van der Waals surface area contributed by atoms with Crippen LogP contribution >= 0.6 is 0 Å². The summed E-state index contributed by atoms with van der Waals surface area (Å²) in [6.07, 6.45) is 9.99. The average molecular weight is 407 g/mol. The molecule has 0 aromatic carbocycles. The topological polar surface area (TPSA) is 78.9 Å².